The van der Waals surface area contributed by atoms with Gasteiger partial charge in [-0.05, 0) is 93.7 Å². The lowest BCUT2D eigenvalue weighted by Gasteiger charge is -2.22. The quantitative estimate of drug-likeness (QED) is 0.174. The summed E-state index contributed by atoms with van der Waals surface area (Å²) in [4.78, 5) is 15.6. The highest BCUT2D eigenvalue weighted by Gasteiger charge is 2.37. The molecule has 0 bridgehead atoms. The smallest absolute Gasteiger partial charge is 0.164 e. The standard InChI is InChI=1S/C58H39N5/c1-58(2)49-32-39-22-10-9-21-38(39)31-46(49)47-34-48-45-25-13-16-28-53(45)63(54(48)35-50(47)58)42-30-40(29-41(33-42)62-51-26-14-11-23-43(51)44-24-12-15-27-52(44)62)57-60-55(36-17-5-3-6-18-36)59-56(61-57)37-19-7-4-8-20-37/h3-35H,1-2H3. The first-order valence-electron chi connectivity index (χ1n) is 21.6. The van der Waals surface area contributed by atoms with Gasteiger partial charge in [0.2, 0.25) is 0 Å². The van der Waals surface area contributed by atoms with E-state index in [0.29, 0.717) is 17.5 Å². The monoisotopic (exact) mass is 805 g/mol. The van der Waals surface area contributed by atoms with Crippen molar-refractivity contribution in [1.29, 1.82) is 0 Å². The van der Waals surface area contributed by atoms with Gasteiger partial charge in [0.15, 0.2) is 17.5 Å². The van der Waals surface area contributed by atoms with Gasteiger partial charge in [0, 0.05) is 55.0 Å². The summed E-state index contributed by atoms with van der Waals surface area (Å²) in [7, 11) is 0. The maximum atomic E-state index is 5.27. The zero-order valence-corrected chi connectivity index (χ0v) is 34.8. The van der Waals surface area contributed by atoms with Crippen LogP contribution in [0, 0.1) is 0 Å². The minimum absolute atomic E-state index is 0.202. The number of aromatic nitrogens is 5. The van der Waals surface area contributed by atoms with Gasteiger partial charge in [-0.2, -0.15) is 0 Å². The van der Waals surface area contributed by atoms with E-state index in [1.165, 1.54) is 54.6 Å². The summed E-state index contributed by atoms with van der Waals surface area (Å²) in [5.41, 5.74) is 14.5. The first-order chi connectivity index (χ1) is 31.0. The van der Waals surface area contributed by atoms with E-state index in [1.54, 1.807) is 0 Å². The summed E-state index contributed by atoms with van der Waals surface area (Å²) in [6.45, 7) is 4.75. The Hall–Kier alpha value is -8.15. The van der Waals surface area contributed by atoms with E-state index in [-0.39, 0.29) is 5.41 Å². The van der Waals surface area contributed by atoms with E-state index in [0.717, 1.165) is 50.1 Å². The normalized spacial score (nSPS) is 13.0. The SMILES string of the molecule is CC1(C)c2cc3ccccc3cc2-c2cc3c4ccccc4n(-c4cc(-c5nc(-c6ccccc6)nc(-c6ccccc6)n5)cc(-n5c6ccccc6c6ccccc65)c4)c3cc21. The number of hydrogen-bond donors (Lipinski definition) is 0. The van der Waals surface area contributed by atoms with E-state index in [4.69, 9.17) is 15.0 Å². The van der Waals surface area contributed by atoms with Crippen molar-refractivity contribution in [3.8, 4) is 56.7 Å². The third-order valence-corrected chi connectivity index (χ3v) is 13.3. The molecule has 13 rings (SSSR count). The number of benzene rings is 9. The minimum Gasteiger partial charge on any atom is -0.309 e. The average molecular weight is 806 g/mol. The highest BCUT2D eigenvalue weighted by Crippen LogP contribution is 2.52. The molecule has 12 aromatic rings. The summed E-state index contributed by atoms with van der Waals surface area (Å²) >= 11 is 0. The number of para-hydroxylation sites is 3. The molecule has 0 spiro atoms. The van der Waals surface area contributed by atoms with Crippen molar-refractivity contribution in [1.82, 2.24) is 24.1 Å². The number of fused-ring (bicyclic) bond motifs is 10. The van der Waals surface area contributed by atoms with E-state index in [9.17, 15) is 0 Å². The van der Waals surface area contributed by atoms with Crippen LogP contribution in [0.2, 0.25) is 0 Å². The molecule has 0 amide bonds. The van der Waals surface area contributed by atoms with Gasteiger partial charge >= 0.3 is 0 Å². The molecule has 296 valence electrons. The van der Waals surface area contributed by atoms with Crippen LogP contribution in [-0.4, -0.2) is 24.1 Å². The predicted molar refractivity (Wildman–Crippen MR) is 260 cm³/mol. The van der Waals surface area contributed by atoms with Crippen LogP contribution in [0.25, 0.3) is 111 Å². The van der Waals surface area contributed by atoms with Crippen LogP contribution in [0.5, 0.6) is 0 Å². The molecule has 0 aliphatic heterocycles. The average Bonchev–Trinajstić information content (AvgIpc) is 3.93. The molecule has 0 saturated heterocycles. The van der Waals surface area contributed by atoms with Crippen molar-refractivity contribution < 1.29 is 0 Å². The van der Waals surface area contributed by atoms with Crippen LogP contribution in [0.3, 0.4) is 0 Å². The fourth-order valence-electron chi connectivity index (χ4n) is 10.3. The van der Waals surface area contributed by atoms with Crippen molar-refractivity contribution >= 4 is 54.4 Å². The summed E-state index contributed by atoms with van der Waals surface area (Å²) in [5, 5.41) is 7.39. The van der Waals surface area contributed by atoms with Gasteiger partial charge in [-0.1, -0.05) is 153 Å². The minimum atomic E-state index is -0.202. The molecule has 3 heterocycles. The number of hydrogen-bond acceptors (Lipinski definition) is 3. The highest BCUT2D eigenvalue weighted by atomic mass is 15.0. The molecule has 1 aliphatic rings. The molecule has 1 aliphatic carbocycles. The van der Waals surface area contributed by atoms with E-state index in [2.05, 4.69) is 187 Å². The zero-order valence-electron chi connectivity index (χ0n) is 34.8. The summed E-state index contributed by atoms with van der Waals surface area (Å²) in [6, 6.07) is 71.9. The van der Waals surface area contributed by atoms with Gasteiger partial charge in [0.25, 0.3) is 0 Å². The van der Waals surface area contributed by atoms with Crippen LogP contribution < -0.4 is 0 Å². The van der Waals surface area contributed by atoms with Gasteiger partial charge in [-0.25, -0.2) is 15.0 Å². The molecule has 5 heteroatoms. The lowest BCUT2D eigenvalue weighted by molar-refractivity contribution is 0.662. The molecule has 0 fully saturated rings. The lowest BCUT2D eigenvalue weighted by Crippen LogP contribution is -2.15. The van der Waals surface area contributed by atoms with Gasteiger partial charge in [0.05, 0.1) is 22.1 Å². The molecule has 0 radical (unpaired) electrons. The van der Waals surface area contributed by atoms with Crippen LogP contribution >= 0.6 is 0 Å². The fraction of sp³-hybridized carbons (Fsp3) is 0.0517. The summed E-state index contributed by atoms with van der Waals surface area (Å²) in [5.74, 6) is 1.87. The van der Waals surface area contributed by atoms with Gasteiger partial charge < -0.3 is 9.13 Å². The Morgan fingerprint density at radius 2 is 0.746 bits per heavy atom. The third kappa shape index (κ3) is 5.39. The molecule has 0 atom stereocenters. The maximum Gasteiger partial charge on any atom is 0.164 e. The van der Waals surface area contributed by atoms with Crippen LogP contribution in [0.1, 0.15) is 25.0 Å². The first-order valence-corrected chi connectivity index (χ1v) is 21.6. The molecule has 0 N–H and O–H groups in total. The van der Waals surface area contributed by atoms with Gasteiger partial charge in [-0.15, -0.1) is 0 Å². The highest BCUT2D eigenvalue weighted by molar-refractivity contribution is 6.13. The topological polar surface area (TPSA) is 48.5 Å². The van der Waals surface area contributed by atoms with Gasteiger partial charge in [-0.3, -0.25) is 0 Å². The Labute approximate surface area is 364 Å². The number of nitrogens with zero attached hydrogens (tertiary/aromatic N) is 5. The summed E-state index contributed by atoms with van der Waals surface area (Å²) in [6.07, 6.45) is 0. The predicted octanol–water partition coefficient (Wildman–Crippen LogP) is 14.5. The van der Waals surface area contributed by atoms with Crippen molar-refractivity contribution in [2.75, 3.05) is 0 Å². The Morgan fingerprint density at radius 1 is 0.333 bits per heavy atom. The van der Waals surface area contributed by atoms with Crippen molar-refractivity contribution in [3.05, 3.63) is 211 Å². The number of rotatable bonds is 5. The molecule has 3 aromatic heterocycles. The fourth-order valence-corrected chi connectivity index (χ4v) is 10.3. The van der Waals surface area contributed by atoms with E-state index < -0.39 is 0 Å². The Bertz CT molecular complexity index is 3710. The van der Waals surface area contributed by atoms with E-state index in [1.807, 2.05) is 36.4 Å². The molecule has 9 aromatic carbocycles. The molecular formula is C58H39N5. The van der Waals surface area contributed by atoms with Crippen LogP contribution in [0.4, 0.5) is 0 Å². The second-order valence-corrected chi connectivity index (χ2v) is 17.3. The first kappa shape index (κ1) is 35.6. The van der Waals surface area contributed by atoms with E-state index >= 15 is 0 Å². The van der Waals surface area contributed by atoms with Crippen molar-refractivity contribution in [2.24, 2.45) is 0 Å². The van der Waals surface area contributed by atoms with Crippen LogP contribution in [-0.2, 0) is 5.41 Å². The van der Waals surface area contributed by atoms with Crippen molar-refractivity contribution in [3.63, 3.8) is 0 Å². The molecule has 0 saturated carbocycles. The largest absolute Gasteiger partial charge is 0.309 e. The second-order valence-electron chi connectivity index (χ2n) is 17.3. The molecule has 63 heavy (non-hydrogen) atoms. The maximum absolute atomic E-state index is 5.27. The lowest BCUT2D eigenvalue weighted by atomic mass is 9.81. The van der Waals surface area contributed by atoms with Crippen LogP contribution in [0.15, 0.2) is 200 Å². The van der Waals surface area contributed by atoms with Gasteiger partial charge in [0.1, 0.15) is 0 Å². The Balaban J connectivity index is 1.12. The molecular weight excluding hydrogens is 767 g/mol. The molecule has 5 nitrogen and oxygen atoms in total. The Morgan fingerprint density at radius 3 is 1.30 bits per heavy atom. The zero-order chi connectivity index (χ0) is 41.8. The van der Waals surface area contributed by atoms with Crippen molar-refractivity contribution in [2.45, 2.75) is 19.3 Å². The second kappa shape index (κ2) is 13.4. The summed E-state index contributed by atoms with van der Waals surface area (Å²) < 4.78 is 4.85. The Kier molecular flexibility index (Phi) is 7.58. The third-order valence-electron chi connectivity index (χ3n) is 13.3. The molecule has 0 unspecified atom stereocenters.